The molecule has 18 heavy (non-hydrogen) atoms. The van der Waals surface area contributed by atoms with Gasteiger partial charge in [-0.05, 0) is 29.8 Å². The van der Waals surface area contributed by atoms with Crippen molar-refractivity contribution in [1.82, 2.24) is 4.98 Å². The Hall–Kier alpha value is -1.92. The molecule has 0 bridgehead atoms. The van der Waals surface area contributed by atoms with Gasteiger partial charge in [-0.1, -0.05) is 12.1 Å². The van der Waals surface area contributed by atoms with Gasteiger partial charge < -0.3 is 5.32 Å². The number of hydrogen-bond acceptors (Lipinski definition) is 4. The number of nitrogens with zero attached hydrogens (tertiary/aromatic N) is 1. The Kier molecular flexibility index (Phi) is 3.59. The zero-order valence-electron chi connectivity index (χ0n) is 9.58. The Morgan fingerprint density at radius 2 is 1.67 bits per heavy atom. The average molecular weight is 263 g/mol. The van der Waals surface area contributed by atoms with E-state index in [1.54, 1.807) is 24.5 Å². The molecule has 0 aliphatic heterocycles. The van der Waals surface area contributed by atoms with Crippen LogP contribution in [0, 0.1) is 0 Å². The van der Waals surface area contributed by atoms with E-state index in [0.717, 1.165) is 11.3 Å². The summed E-state index contributed by atoms with van der Waals surface area (Å²) < 4.78 is 22.2. The fraction of sp³-hybridized carbons (Fsp3) is 0.0833. The first-order valence-electron chi connectivity index (χ1n) is 5.31. The van der Waals surface area contributed by atoms with Crippen LogP contribution in [0.3, 0.4) is 0 Å². The van der Waals surface area contributed by atoms with Crippen LogP contribution < -0.4 is 10.5 Å². The molecule has 0 spiro atoms. The molecule has 0 amide bonds. The summed E-state index contributed by atoms with van der Waals surface area (Å²) in [4.78, 5) is 4.04. The van der Waals surface area contributed by atoms with Crippen LogP contribution in [-0.4, -0.2) is 13.4 Å². The Labute approximate surface area is 106 Å². The van der Waals surface area contributed by atoms with Crippen LogP contribution >= 0.6 is 0 Å². The quantitative estimate of drug-likeness (QED) is 0.871. The highest BCUT2D eigenvalue weighted by molar-refractivity contribution is 7.89. The summed E-state index contributed by atoms with van der Waals surface area (Å²) in [5.41, 5.74) is 1.93. The summed E-state index contributed by atoms with van der Waals surface area (Å²) in [6.07, 6.45) is 3.40. The van der Waals surface area contributed by atoms with Gasteiger partial charge in [0.2, 0.25) is 10.0 Å². The molecule has 3 N–H and O–H groups in total. The average Bonchev–Trinajstić information content (AvgIpc) is 2.37. The van der Waals surface area contributed by atoms with Crippen molar-refractivity contribution >= 4 is 15.7 Å². The number of hydrogen-bond donors (Lipinski definition) is 2. The van der Waals surface area contributed by atoms with Crippen LogP contribution in [0.4, 0.5) is 5.69 Å². The van der Waals surface area contributed by atoms with E-state index in [1.807, 2.05) is 12.1 Å². The summed E-state index contributed by atoms with van der Waals surface area (Å²) in [6.45, 7) is 0.606. The minimum atomic E-state index is -3.62. The van der Waals surface area contributed by atoms with Gasteiger partial charge in [0, 0.05) is 24.6 Å². The number of aromatic nitrogens is 1. The second-order valence-electron chi connectivity index (χ2n) is 3.78. The molecule has 0 saturated heterocycles. The number of primary sulfonamides is 1. The van der Waals surface area contributed by atoms with Crippen LogP contribution in [0.15, 0.2) is 53.7 Å². The van der Waals surface area contributed by atoms with E-state index in [9.17, 15) is 8.42 Å². The fourth-order valence-electron chi connectivity index (χ4n) is 1.47. The standard InChI is InChI=1S/C12H13N3O2S/c13-18(16,17)12-3-1-10(2-4-12)9-15-11-5-7-14-8-6-11/h1-8H,9H2,(H,14,15)(H2,13,16,17). The molecule has 2 rings (SSSR count). The van der Waals surface area contributed by atoms with E-state index >= 15 is 0 Å². The summed E-state index contributed by atoms with van der Waals surface area (Å²) in [6, 6.07) is 10.2. The first-order valence-corrected chi connectivity index (χ1v) is 6.86. The van der Waals surface area contributed by atoms with Gasteiger partial charge in [0.1, 0.15) is 0 Å². The first kappa shape index (κ1) is 12.5. The molecule has 1 aromatic carbocycles. The normalized spacial score (nSPS) is 11.2. The van der Waals surface area contributed by atoms with Crippen LogP contribution in [0.2, 0.25) is 0 Å². The van der Waals surface area contributed by atoms with Crippen LogP contribution in [0.25, 0.3) is 0 Å². The van der Waals surface area contributed by atoms with Crippen molar-refractivity contribution < 1.29 is 8.42 Å². The molecule has 5 nitrogen and oxygen atoms in total. The minimum Gasteiger partial charge on any atom is -0.381 e. The van der Waals surface area contributed by atoms with Gasteiger partial charge in [0.15, 0.2) is 0 Å². The SMILES string of the molecule is NS(=O)(=O)c1ccc(CNc2ccncc2)cc1. The van der Waals surface area contributed by atoms with E-state index < -0.39 is 10.0 Å². The lowest BCUT2D eigenvalue weighted by Gasteiger charge is -2.06. The third-order valence-electron chi connectivity index (χ3n) is 2.43. The maximum absolute atomic E-state index is 11.1. The second-order valence-corrected chi connectivity index (χ2v) is 5.34. The van der Waals surface area contributed by atoms with Crippen molar-refractivity contribution in [2.45, 2.75) is 11.4 Å². The van der Waals surface area contributed by atoms with Crippen molar-refractivity contribution in [1.29, 1.82) is 0 Å². The first-order chi connectivity index (χ1) is 8.55. The van der Waals surface area contributed by atoms with Gasteiger partial charge in [-0.15, -0.1) is 0 Å². The summed E-state index contributed by atoms with van der Waals surface area (Å²) in [7, 11) is -3.62. The number of nitrogens with one attached hydrogen (secondary N) is 1. The Balaban J connectivity index is 2.03. The fourth-order valence-corrected chi connectivity index (χ4v) is 1.99. The maximum atomic E-state index is 11.1. The molecule has 0 saturated carbocycles. The van der Waals surface area contributed by atoms with Crippen LogP contribution in [0.5, 0.6) is 0 Å². The third kappa shape index (κ3) is 3.28. The number of pyridine rings is 1. The predicted molar refractivity (Wildman–Crippen MR) is 69.4 cm³/mol. The van der Waals surface area contributed by atoms with Gasteiger partial charge in [-0.3, -0.25) is 4.98 Å². The van der Waals surface area contributed by atoms with Gasteiger partial charge in [-0.2, -0.15) is 0 Å². The highest BCUT2D eigenvalue weighted by Crippen LogP contribution is 2.11. The smallest absolute Gasteiger partial charge is 0.238 e. The van der Waals surface area contributed by atoms with Crippen molar-refractivity contribution in [3.05, 3.63) is 54.4 Å². The molecule has 94 valence electrons. The molecular formula is C12H13N3O2S. The Bertz CT molecular complexity index is 610. The van der Waals surface area contributed by atoms with Crippen molar-refractivity contribution in [3.8, 4) is 0 Å². The molecule has 2 aromatic rings. The van der Waals surface area contributed by atoms with E-state index in [-0.39, 0.29) is 4.90 Å². The van der Waals surface area contributed by atoms with E-state index in [1.165, 1.54) is 12.1 Å². The molecule has 0 atom stereocenters. The van der Waals surface area contributed by atoms with Crippen molar-refractivity contribution in [3.63, 3.8) is 0 Å². The Morgan fingerprint density at radius 3 is 2.22 bits per heavy atom. The molecule has 0 aliphatic carbocycles. The molecule has 0 radical (unpaired) electrons. The summed E-state index contributed by atoms with van der Waals surface area (Å²) in [5, 5.41) is 8.22. The van der Waals surface area contributed by atoms with Crippen molar-refractivity contribution in [2.75, 3.05) is 5.32 Å². The van der Waals surface area contributed by atoms with E-state index in [2.05, 4.69) is 10.3 Å². The topological polar surface area (TPSA) is 85.1 Å². The zero-order valence-corrected chi connectivity index (χ0v) is 10.4. The number of benzene rings is 1. The molecular weight excluding hydrogens is 250 g/mol. The Morgan fingerprint density at radius 1 is 1.06 bits per heavy atom. The highest BCUT2D eigenvalue weighted by atomic mass is 32.2. The van der Waals surface area contributed by atoms with E-state index in [0.29, 0.717) is 6.54 Å². The lowest BCUT2D eigenvalue weighted by Crippen LogP contribution is -2.12. The van der Waals surface area contributed by atoms with Gasteiger partial charge >= 0.3 is 0 Å². The molecule has 0 aliphatic rings. The highest BCUT2D eigenvalue weighted by Gasteiger charge is 2.06. The monoisotopic (exact) mass is 263 g/mol. The van der Waals surface area contributed by atoms with Crippen LogP contribution in [0.1, 0.15) is 5.56 Å². The molecule has 1 heterocycles. The largest absolute Gasteiger partial charge is 0.381 e. The molecule has 0 fully saturated rings. The number of sulfonamides is 1. The number of anilines is 1. The number of nitrogens with two attached hydrogens (primary N) is 1. The zero-order chi connectivity index (χ0) is 13.0. The third-order valence-corrected chi connectivity index (χ3v) is 3.36. The van der Waals surface area contributed by atoms with E-state index in [4.69, 9.17) is 5.14 Å². The number of rotatable bonds is 4. The molecule has 6 heteroatoms. The second kappa shape index (κ2) is 5.16. The lowest BCUT2D eigenvalue weighted by molar-refractivity contribution is 0.598. The molecule has 1 aromatic heterocycles. The lowest BCUT2D eigenvalue weighted by atomic mass is 10.2. The van der Waals surface area contributed by atoms with Gasteiger partial charge in [0.05, 0.1) is 4.90 Å². The molecule has 0 unspecified atom stereocenters. The van der Waals surface area contributed by atoms with Crippen LogP contribution in [-0.2, 0) is 16.6 Å². The maximum Gasteiger partial charge on any atom is 0.238 e. The summed E-state index contributed by atoms with van der Waals surface area (Å²) in [5.74, 6) is 0. The van der Waals surface area contributed by atoms with Gasteiger partial charge in [-0.25, -0.2) is 13.6 Å². The predicted octanol–water partition coefficient (Wildman–Crippen LogP) is 1.34. The van der Waals surface area contributed by atoms with Crippen molar-refractivity contribution in [2.24, 2.45) is 5.14 Å². The summed E-state index contributed by atoms with van der Waals surface area (Å²) >= 11 is 0. The van der Waals surface area contributed by atoms with Gasteiger partial charge in [0.25, 0.3) is 0 Å². The minimum absolute atomic E-state index is 0.121.